The second-order valence-corrected chi connectivity index (χ2v) is 7.81. The van der Waals surface area contributed by atoms with Crippen LogP contribution in [0.15, 0.2) is 63.8 Å². The van der Waals surface area contributed by atoms with E-state index in [1.54, 1.807) is 31.2 Å². The van der Waals surface area contributed by atoms with Gasteiger partial charge in [-0.3, -0.25) is 14.6 Å². The van der Waals surface area contributed by atoms with Crippen molar-refractivity contribution in [3.8, 4) is 5.75 Å². The van der Waals surface area contributed by atoms with Crippen LogP contribution >= 0.6 is 0 Å². The van der Waals surface area contributed by atoms with E-state index in [9.17, 15) is 18.7 Å². The van der Waals surface area contributed by atoms with Crippen LogP contribution in [0.3, 0.4) is 0 Å². The number of benzene rings is 2. The van der Waals surface area contributed by atoms with Crippen molar-refractivity contribution in [3.63, 3.8) is 0 Å². The van der Waals surface area contributed by atoms with Gasteiger partial charge >= 0.3 is 0 Å². The van der Waals surface area contributed by atoms with Crippen molar-refractivity contribution in [3.05, 3.63) is 99.1 Å². The Morgan fingerprint density at radius 3 is 1.97 bits per heavy atom. The van der Waals surface area contributed by atoms with E-state index in [2.05, 4.69) is 9.80 Å². The zero-order valence-electron chi connectivity index (χ0n) is 17.2. The molecule has 2 aromatic carbocycles. The van der Waals surface area contributed by atoms with Crippen LogP contribution in [0.2, 0.25) is 0 Å². The first-order valence-electron chi connectivity index (χ1n) is 10.2. The minimum atomic E-state index is -0.440. The molecule has 0 radical (unpaired) electrons. The Labute approximate surface area is 179 Å². The Morgan fingerprint density at radius 1 is 0.935 bits per heavy atom. The van der Waals surface area contributed by atoms with Crippen LogP contribution in [0.25, 0.3) is 0 Å². The molecule has 31 heavy (non-hydrogen) atoms. The van der Waals surface area contributed by atoms with Crippen molar-refractivity contribution in [1.82, 2.24) is 9.80 Å². The lowest BCUT2D eigenvalue weighted by molar-refractivity contribution is 0.0978. The third kappa shape index (κ3) is 4.84. The molecule has 0 atom stereocenters. The number of piperazine rings is 1. The molecular formula is C24H24F2N2O3. The molecule has 1 aliphatic rings. The highest BCUT2D eigenvalue weighted by atomic mass is 19.1. The Morgan fingerprint density at radius 2 is 1.45 bits per heavy atom. The summed E-state index contributed by atoms with van der Waals surface area (Å²) in [5.74, 6) is -0.212. The van der Waals surface area contributed by atoms with E-state index < -0.39 is 5.43 Å². The highest BCUT2D eigenvalue weighted by molar-refractivity contribution is 5.32. The second-order valence-electron chi connectivity index (χ2n) is 7.81. The summed E-state index contributed by atoms with van der Waals surface area (Å²) in [5, 5.41) is 10.0. The number of hydrogen-bond acceptors (Lipinski definition) is 5. The summed E-state index contributed by atoms with van der Waals surface area (Å²) in [7, 11) is 0. The van der Waals surface area contributed by atoms with Gasteiger partial charge in [-0.05, 0) is 42.3 Å². The molecule has 1 saturated heterocycles. The quantitative estimate of drug-likeness (QED) is 0.672. The van der Waals surface area contributed by atoms with E-state index in [0.717, 1.165) is 11.1 Å². The van der Waals surface area contributed by atoms with E-state index in [0.29, 0.717) is 38.5 Å². The maximum absolute atomic E-state index is 13.5. The fraction of sp³-hybridized carbons (Fsp3) is 0.292. The molecule has 1 aromatic heterocycles. The van der Waals surface area contributed by atoms with Gasteiger partial charge in [-0.2, -0.15) is 0 Å². The third-order valence-corrected chi connectivity index (χ3v) is 5.63. The molecular weight excluding hydrogens is 402 g/mol. The number of halogens is 2. The van der Waals surface area contributed by atoms with E-state index >= 15 is 0 Å². The summed E-state index contributed by atoms with van der Waals surface area (Å²) in [5.41, 5.74) is 1.43. The van der Waals surface area contributed by atoms with Crippen molar-refractivity contribution in [2.24, 2.45) is 0 Å². The molecule has 1 N–H and O–H groups in total. The number of aryl methyl sites for hydroxylation is 1. The topological polar surface area (TPSA) is 56.9 Å². The van der Waals surface area contributed by atoms with E-state index in [1.165, 1.54) is 30.3 Å². The smallest absolute Gasteiger partial charge is 0.227 e. The maximum atomic E-state index is 13.5. The lowest BCUT2D eigenvalue weighted by Gasteiger charge is -2.39. The molecule has 1 aliphatic heterocycles. The van der Waals surface area contributed by atoms with Crippen LogP contribution < -0.4 is 5.43 Å². The van der Waals surface area contributed by atoms with Crippen LogP contribution in [0, 0.1) is 18.6 Å². The normalized spacial score (nSPS) is 15.5. The Hall–Kier alpha value is -3.03. The summed E-state index contributed by atoms with van der Waals surface area (Å²) in [6, 6.07) is 13.9. The average molecular weight is 426 g/mol. The standard InChI is InChI=1S/C24H24F2N2O3/c1-16-14-21(29)24(30)22(31-16)15-27-10-12-28(13-11-27)23(17-2-6-19(25)7-3-17)18-4-8-20(26)9-5-18/h2-9,14,23,30H,10-13,15H2,1H3. The first-order chi connectivity index (χ1) is 14.9. The zero-order chi connectivity index (χ0) is 22.0. The van der Waals surface area contributed by atoms with Gasteiger partial charge in [0.1, 0.15) is 17.4 Å². The minimum Gasteiger partial charge on any atom is -0.502 e. The van der Waals surface area contributed by atoms with Gasteiger partial charge in [-0.15, -0.1) is 0 Å². The zero-order valence-corrected chi connectivity index (χ0v) is 17.2. The van der Waals surface area contributed by atoms with Crippen LogP contribution in [-0.4, -0.2) is 41.1 Å². The number of hydrogen-bond donors (Lipinski definition) is 1. The Kier molecular flexibility index (Phi) is 6.15. The van der Waals surface area contributed by atoms with E-state index in [1.807, 2.05) is 0 Å². The van der Waals surface area contributed by atoms with Crippen LogP contribution in [-0.2, 0) is 6.54 Å². The lowest BCUT2D eigenvalue weighted by Crippen LogP contribution is -2.47. The molecule has 162 valence electrons. The van der Waals surface area contributed by atoms with Gasteiger partial charge < -0.3 is 9.52 Å². The van der Waals surface area contributed by atoms with Gasteiger partial charge in [0.25, 0.3) is 0 Å². The number of nitrogens with zero attached hydrogens (tertiary/aromatic N) is 2. The van der Waals surface area contributed by atoms with Crippen molar-refractivity contribution >= 4 is 0 Å². The highest BCUT2D eigenvalue weighted by Gasteiger charge is 2.27. The number of rotatable bonds is 5. The summed E-state index contributed by atoms with van der Waals surface area (Å²) >= 11 is 0. The minimum absolute atomic E-state index is 0.131. The third-order valence-electron chi connectivity index (χ3n) is 5.63. The molecule has 0 amide bonds. The van der Waals surface area contributed by atoms with Gasteiger partial charge in [0.15, 0.2) is 5.76 Å². The van der Waals surface area contributed by atoms with Gasteiger partial charge in [0.05, 0.1) is 12.6 Å². The van der Waals surface area contributed by atoms with Gasteiger partial charge in [0.2, 0.25) is 11.2 Å². The molecule has 5 nitrogen and oxygen atoms in total. The van der Waals surface area contributed by atoms with Crippen molar-refractivity contribution in [2.75, 3.05) is 26.2 Å². The predicted molar refractivity (Wildman–Crippen MR) is 113 cm³/mol. The summed E-state index contributed by atoms with van der Waals surface area (Å²) in [6.07, 6.45) is 0. The molecule has 4 rings (SSSR count). The molecule has 0 unspecified atom stereocenters. The molecule has 3 aromatic rings. The van der Waals surface area contributed by atoms with Crippen LogP contribution in [0.5, 0.6) is 5.75 Å². The predicted octanol–water partition coefficient (Wildman–Crippen LogP) is 3.84. The van der Waals surface area contributed by atoms with Gasteiger partial charge in [0, 0.05) is 32.2 Å². The van der Waals surface area contributed by atoms with Gasteiger partial charge in [-0.25, -0.2) is 8.78 Å². The molecule has 1 fully saturated rings. The molecule has 7 heteroatoms. The largest absolute Gasteiger partial charge is 0.502 e. The molecule has 2 heterocycles. The molecule has 0 bridgehead atoms. The van der Waals surface area contributed by atoms with E-state index in [4.69, 9.17) is 4.42 Å². The van der Waals surface area contributed by atoms with Gasteiger partial charge in [-0.1, -0.05) is 24.3 Å². The lowest BCUT2D eigenvalue weighted by atomic mass is 9.96. The fourth-order valence-corrected chi connectivity index (χ4v) is 4.06. The Balaban J connectivity index is 1.52. The highest BCUT2D eigenvalue weighted by Crippen LogP contribution is 2.30. The monoisotopic (exact) mass is 426 g/mol. The molecule has 0 aliphatic carbocycles. The summed E-state index contributed by atoms with van der Waals surface area (Å²) in [6.45, 7) is 4.81. The van der Waals surface area contributed by atoms with Crippen molar-refractivity contribution in [1.29, 1.82) is 0 Å². The van der Waals surface area contributed by atoms with Crippen molar-refractivity contribution in [2.45, 2.75) is 19.5 Å². The maximum Gasteiger partial charge on any atom is 0.227 e. The van der Waals surface area contributed by atoms with Crippen LogP contribution in [0.1, 0.15) is 28.7 Å². The molecule has 0 spiro atoms. The number of aromatic hydroxyl groups is 1. The molecule has 0 saturated carbocycles. The van der Waals surface area contributed by atoms with E-state index in [-0.39, 0.29) is 29.2 Å². The van der Waals surface area contributed by atoms with Crippen LogP contribution in [0.4, 0.5) is 8.78 Å². The Bertz CT molecular complexity index is 1040. The second kappa shape index (κ2) is 8.99. The first-order valence-corrected chi connectivity index (χ1v) is 10.2. The summed E-state index contributed by atoms with van der Waals surface area (Å²) in [4.78, 5) is 16.2. The fourth-order valence-electron chi connectivity index (χ4n) is 4.06. The van der Waals surface area contributed by atoms with Crippen molar-refractivity contribution < 1.29 is 18.3 Å². The first kappa shape index (κ1) is 21.2. The summed E-state index contributed by atoms with van der Waals surface area (Å²) < 4.78 is 32.5. The average Bonchev–Trinajstić information content (AvgIpc) is 2.76. The SMILES string of the molecule is Cc1cc(=O)c(O)c(CN2CCN(C(c3ccc(F)cc3)c3ccc(F)cc3)CC2)o1.